The number of carbonyl (C=O) groups is 1. The van der Waals surface area contributed by atoms with Crippen LogP contribution in [-0.2, 0) is 14.3 Å². The number of benzene rings is 2. The Morgan fingerprint density at radius 3 is 2.55 bits per heavy atom. The van der Waals surface area contributed by atoms with Crippen LogP contribution in [0, 0.1) is 5.82 Å². The molecule has 2 aromatic carbocycles. The van der Waals surface area contributed by atoms with Gasteiger partial charge in [0.05, 0.1) is 26.2 Å². The van der Waals surface area contributed by atoms with Gasteiger partial charge in [-0.15, -0.1) is 0 Å². The van der Waals surface area contributed by atoms with E-state index in [-0.39, 0.29) is 18.2 Å². The van der Waals surface area contributed by atoms with E-state index in [1.807, 2.05) is 12.1 Å². The summed E-state index contributed by atoms with van der Waals surface area (Å²) in [5, 5.41) is 9.96. The molecule has 0 radical (unpaired) electrons. The van der Waals surface area contributed by atoms with Gasteiger partial charge in [0.25, 0.3) is 0 Å². The fourth-order valence-electron chi connectivity index (χ4n) is 3.89. The highest BCUT2D eigenvalue weighted by molar-refractivity contribution is 5.85. The van der Waals surface area contributed by atoms with Gasteiger partial charge in [-0.2, -0.15) is 0 Å². The van der Waals surface area contributed by atoms with Crippen molar-refractivity contribution < 1.29 is 33.2 Å². The van der Waals surface area contributed by atoms with E-state index in [1.54, 1.807) is 32.4 Å². The molecule has 1 aliphatic rings. The monoisotopic (exact) mass is 458 g/mol. The number of aliphatic hydroxyl groups excluding tert-OH is 1. The predicted octanol–water partition coefficient (Wildman–Crippen LogP) is 4.73. The average molecular weight is 459 g/mol. The summed E-state index contributed by atoms with van der Waals surface area (Å²) < 4.78 is 36.0. The van der Waals surface area contributed by atoms with E-state index < -0.39 is 18.2 Å². The van der Waals surface area contributed by atoms with E-state index >= 15 is 0 Å². The summed E-state index contributed by atoms with van der Waals surface area (Å²) in [6.07, 6.45) is 2.72. The Balaban J connectivity index is 2.19. The minimum atomic E-state index is -0.731. The van der Waals surface area contributed by atoms with E-state index in [0.29, 0.717) is 31.1 Å². The summed E-state index contributed by atoms with van der Waals surface area (Å²) in [6, 6.07) is 8.12. The molecule has 0 aromatic heterocycles. The molecule has 1 heterocycles. The van der Waals surface area contributed by atoms with Crippen molar-refractivity contribution in [2.75, 3.05) is 27.4 Å². The normalized spacial score (nSPS) is 18.6. The van der Waals surface area contributed by atoms with Crippen LogP contribution in [0.25, 0.3) is 17.2 Å². The quantitative estimate of drug-likeness (QED) is 0.433. The Morgan fingerprint density at radius 1 is 1.21 bits per heavy atom. The van der Waals surface area contributed by atoms with Crippen molar-refractivity contribution in [1.82, 2.24) is 0 Å². The highest BCUT2D eigenvalue weighted by atomic mass is 19.1. The van der Waals surface area contributed by atoms with Crippen LogP contribution in [0.5, 0.6) is 11.5 Å². The Morgan fingerprint density at radius 2 is 1.94 bits per heavy atom. The Labute approximate surface area is 193 Å². The van der Waals surface area contributed by atoms with Crippen LogP contribution in [-0.4, -0.2) is 50.7 Å². The van der Waals surface area contributed by atoms with Crippen LogP contribution >= 0.6 is 0 Å². The number of methoxy groups -OCH3 is 2. The number of cyclic esters (lactones) is 1. The predicted molar refractivity (Wildman–Crippen MR) is 124 cm³/mol. The minimum absolute atomic E-state index is 0.00242. The lowest BCUT2D eigenvalue weighted by Gasteiger charge is -2.25. The fraction of sp³-hybridized carbons (Fsp3) is 0.423. The number of carbonyl (C=O) groups excluding carboxylic acids is 1. The molecule has 6 nitrogen and oxygen atoms in total. The fourth-order valence-corrected chi connectivity index (χ4v) is 3.89. The van der Waals surface area contributed by atoms with Gasteiger partial charge in [0.2, 0.25) is 0 Å². The Bertz CT molecular complexity index is 983. The van der Waals surface area contributed by atoms with E-state index in [2.05, 4.69) is 13.8 Å². The number of hydrogen-bond donors (Lipinski definition) is 1. The lowest BCUT2D eigenvalue weighted by Crippen LogP contribution is -2.31. The van der Waals surface area contributed by atoms with E-state index in [1.165, 1.54) is 12.1 Å². The van der Waals surface area contributed by atoms with Crippen molar-refractivity contribution in [3.8, 4) is 22.6 Å². The molecular weight excluding hydrogens is 427 g/mol. The molecule has 1 aliphatic heterocycles. The van der Waals surface area contributed by atoms with Gasteiger partial charge in [-0.1, -0.05) is 32.1 Å². The van der Waals surface area contributed by atoms with Gasteiger partial charge in [-0.3, -0.25) is 4.79 Å². The van der Waals surface area contributed by atoms with Gasteiger partial charge in [-0.05, 0) is 46.9 Å². The van der Waals surface area contributed by atoms with Crippen molar-refractivity contribution in [2.24, 2.45) is 0 Å². The number of rotatable bonds is 9. The van der Waals surface area contributed by atoms with E-state index in [9.17, 15) is 14.3 Å². The molecule has 1 saturated heterocycles. The number of esters is 1. The third-order valence-electron chi connectivity index (χ3n) is 5.49. The maximum atomic E-state index is 13.7. The largest absolute Gasteiger partial charge is 0.493 e. The van der Waals surface area contributed by atoms with E-state index in [0.717, 1.165) is 22.3 Å². The molecule has 0 amide bonds. The molecule has 7 heteroatoms. The molecule has 2 aromatic rings. The van der Waals surface area contributed by atoms with Gasteiger partial charge in [0.1, 0.15) is 18.5 Å². The molecule has 2 unspecified atom stereocenters. The number of aliphatic hydroxyl groups is 1. The van der Waals surface area contributed by atoms with Crippen LogP contribution in [0.2, 0.25) is 0 Å². The second-order valence-corrected chi connectivity index (χ2v) is 8.27. The maximum Gasteiger partial charge on any atom is 0.309 e. The summed E-state index contributed by atoms with van der Waals surface area (Å²) >= 11 is 0. The summed E-state index contributed by atoms with van der Waals surface area (Å²) in [6.45, 7) is 4.82. The summed E-state index contributed by atoms with van der Waals surface area (Å²) in [4.78, 5) is 11.8. The highest BCUT2D eigenvalue weighted by Crippen LogP contribution is 2.45. The van der Waals surface area contributed by atoms with E-state index in [4.69, 9.17) is 18.9 Å². The average Bonchev–Trinajstić information content (AvgIpc) is 2.77. The molecule has 33 heavy (non-hydrogen) atoms. The van der Waals surface area contributed by atoms with Gasteiger partial charge in [0, 0.05) is 19.1 Å². The van der Waals surface area contributed by atoms with Gasteiger partial charge in [-0.25, -0.2) is 4.39 Å². The first kappa shape index (κ1) is 24.7. The molecule has 0 bridgehead atoms. The number of hydrogen-bond acceptors (Lipinski definition) is 6. The molecular formula is C26H31FO6. The Kier molecular flexibility index (Phi) is 8.47. The second-order valence-electron chi connectivity index (χ2n) is 8.27. The molecule has 0 saturated carbocycles. The number of halogens is 1. The van der Waals surface area contributed by atoms with Crippen molar-refractivity contribution >= 4 is 12.0 Å². The van der Waals surface area contributed by atoms with Crippen molar-refractivity contribution in [2.45, 2.75) is 44.8 Å². The molecule has 178 valence electrons. The van der Waals surface area contributed by atoms with Crippen LogP contribution in [0.3, 0.4) is 0 Å². The maximum absolute atomic E-state index is 13.7. The first-order valence-corrected chi connectivity index (χ1v) is 11.0. The minimum Gasteiger partial charge on any atom is -0.493 e. The van der Waals surface area contributed by atoms with Gasteiger partial charge in [0.15, 0.2) is 11.5 Å². The summed E-state index contributed by atoms with van der Waals surface area (Å²) in [7, 11) is 3.17. The van der Waals surface area contributed by atoms with Crippen LogP contribution < -0.4 is 9.47 Å². The molecule has 3 rings (SSSR count). The third kappa shape index (κ3) is 6.12. The zero-order chi connectivity index (χ0) is 24.0. The first-order chi connectivity index (χ1) is 15.8. The lowest BCUT2D eigenvalue weighted by atomic mass is 9.88. The Hall–Kier alpha value is -2.90. The van der Waals surface area contributed by atoms with Gasteiger partial charge < -0.3 is 24.1 Å². The molecule has 2 atom stereocenters. The zero-order valence-electron chi connectivity index (χ0n) is 19.5. The summed E-state index contributed by atoms with van der Waals surface area (Å²) in [5.41, 5.74) is 3.34. The lowest BCUT2D eigenvalue weighted by molar-refractivity contribution is -0.156. The van der Waals surface area contributed by atoms with Crippen LogP contribution in [0.4, 0.5) is 4.39 Å². The standard InChI is InChI=1S/C26H31FO6/c1-16(2)22-15-23(31-4)26(32-12-11-30-3)25(17-5-7-18(27)8-6-17)21(22)10-9-20-13-19(28)14-24(29)33-20/h5-10,15-16,19-20,28H,11-14H2,1-4H3/b10-9+. The second kappa shape index (κ2) is 11.3. The highest BCUT2D eigenvalue weighted by Gasteiger charge is 2.26. The van der Waals surface area contributed by atoms with Gasteiger partial charge >= 0.3 is 5.97 Å². The van der Waals surface area contributed by atoms with Crippen molar-refractivity contribution in [1.29, 1.82) is 0 Å². The molecule has 0 aliphatic carbocycles. The van der Waals surface area contributed by atoms with Crippen molar-refractivity contribution in [3.05, 3.63) is 53.4 Å². The van der Waals surface area contributed by atoms with Crippen molar-refractivity contribution in [3.63, 3.8) is 0 Å². The zero-order valence-corrected chi connectivity index (χ0v) is 19.5. The van der Waals surface area contributed by atoms with Crippen LogP contribution in [0.15, 0.2) is 36.4 Å². The third-order valence-corrected chi connectivity index (χ3v) is 5.49. The molecule has 0 spiro atoms. The summed E-state index contributed by atoms with van der Waals surface area (Å²) in [5.74, 6) is 0.444. The first-order valence-electron chi connectivity index (χ1n) is 11.0. The topological polar surface area (TPSA) is 74.2 Å². The number of ether oxygens (including phenoxy) is 4. The smallest absolute Gasteiger partial charge is 0.309 e. The SMILES string of the molecule is COCCOc1c(OC)cc(C(C)C)c(/C=C/C2CC(O)CC(=O)O2)c1-c1ccc(F)cc1. The van der Waals surface area contributed by atoms with Crippen LogP contribution in [0.1, 0.15) is 43.7 Å². The molecule has 1 fully saturated rings. The molecule has 1 N–H and O–H groups in total.